The first-order valence-corrected chi connectivity index (χ1v) is 32.2. The molecule has 0 saturated carbocycles. The minimum atomic E-state index is -1.91. The van der Waals surface area contributed by atoms with Crippen LogP contribution in [0.2, 0.25) is 0 Å². The minimum absolute atomic E-state index is 0.0310. The van der Waals surface area contributed by atoms with Crippen molar-refractivity contribution in [1.82, 2.24) is 68.3 Å². The monoisotopic (exact) mass is 1320 g/mol. The van der Waals surface area contributed by atoms with E-state index < -0.39 is 207 Å². The van der Waals surface area contributed by atoms with Gasteiger partial charge in [-0.3, -0.25) is 76.7 Å². The maximum Gasteiger partial charge on any atom is 0.305 e. The van der Waals surface area contributed by atoms with Gasteiger partial charge in [-0.2, -0.15) is 0 Å². The molecule has 522 valence electrons. The van der Waals surface area contributed by atoms with E-state index >= 15 is 0 Å². The number of amides is 13. The van der Waals surface area contributed by atoms with Crippen LogP contribution in [0.3, 0.4) is 0 Å². The summed E-state index contributed by atoms with van der Waals surface area (Å²) in [7, 11) is 0. The van der Waals surface area contributed by atoms with Crippen LogP contribution in [0.15, 0.2) is 0 Å². The number of nitrogens with zero attached hydrogens (tertiary/aromatic N) is 2. The number of carboxylic acid groups (broad SMARTS) is 3. The molecule has 93 heavy (non-hydrogen) atoms. The van der Waals surface area contributed by atoms with Gasteiger partial charge >= 0.3 is 17.9 Å². The third-order valence-electron chi connectivity index (χ3n) is 16.3. The number of carbonyl (C=O) groups excluding carboxylic acids is 13. The van der Waals surface area contributed by atoms with Crippen LogP contribution in [0.25, 0.3) is 0 Å². The van der Waals surface area contributed by atoms with Crippen molar-refractivity contribution < 1.29 is 97.1 Å². The van der Waals surface area contributed by atoms with Gasteiger partial charge in [0.15, 0.2) is 0 Å². The number of hydrogen-bond donors (Lipinski definition) is 15. The lowest BCUT2D eigenvalue weighted by atomic mass is 9.96. The number of aliphatic hydroxyl groups excluding tert-OH is 1. The van der Waals surface area contributed by atoms with Gasteiger partial charge in [-0.1, -0.05) is 97.8 Å². The highest BCUT2D eigenvalue weighted by atomic mass is 16.4. The zero-order valence-electron chi connectivity index (χ0n) is 53.9. The molecule has 13 amide bonds. The molecule has 11 atom stereocenters. The van der Waals surface area contributed by atoms with E-state index in [1.165, 1.54) is 45.4 Å². The van der Waals surface area contributed by atoms with E-state index in [9.17, 15) is 97.1 Å². The molecule has 33 heteroatoms. The predicted octanol–water partition coefficient (Wildman–Crippen LogP) is -2.81. The number of nitrogens with one attached hydrogen (secondary N) is 11. The van der Waals surface area contributed by atoms with Crippen molar-refractivity contribution in [1.29, 1.82) is 0 Å². The van der Waals surface area contributed by atoms with Crippen LogP contribution in [0.5, 0.6) is 0 Å². The lowest BCUT2D eigenvalue weighted by Crippen LogP contribution is -2.63. The Kier molecular flexibility index (Phi) is 34.8. The molecule has 3 aliphatic rings. The van der Waals surface area contributed by atoms with Gasteiger partial charge in [0.25, 0.3) is 0 Å². The first kappa shape index (κ1) is 78.7. The summed E-state index contributed by atoms with van der Waals surface area (Å²) in [5, 5.41) is 65.0. The lowest BCUT2D eigenvalue weighted by Gasteiger charge is -2.37. The number of rotatable bonds is 27. The molecule has 3 heterocycles. The molecule has 0 aliphatic carbocycles. The SMILES string of the molecule is CCCCCCCCCCCCCCC(=O)N[C@@H](C)C(=O)N[C@@H](CC(=O)O)C(=O)N[C@H]1CNC(=O)[C@@H]2CCCN2C(=O)[C@H]([C@H](C)CC)NC(=O)[C@H]([C@@H](C)O)NC(=O)CNC(=O)[C@H](CC(=O)O)NC(=O)CNC(=O)[C@H](CC(=O)O)NC(=O)CNC(=O)[C@@H]2CCCCN2C1=O. The fourth-order valence-electron chi connectivity index (χ4n) is 10.8. The molecule has 3 fully saturated rings. The normalized spacial score (nSPS) is 23.5. The molecule has 0 spiro atoms. The van der Waals surface area contributed by atoms with Crippen molar-refractivity contribution in [2.45, 2.75) is 236 Å². The number of hydrogen-bond acceptors (Lipinski definition) is 17. The second kappa shape index (κ2) is 41.1. The summed E-state index contributed by atoms with van der Waals surface area (Å²) in [6.45, 7) is 3.99. The second-order valence-electron chi connectivity index (χ2n) is 23.9. The van der Waals surface area contributed by atoms with Gasteiger partial charge in [0.2, 0.25) is 76.8 Å². The second-order valence-corrected chi connectivity index (χ2v) is 23.9. The van der Waals surface area contributed by atoms with Crippen molar-refractivity contribution in [2.24, 2.45) is 5.92 Å². The van der Waals surface area contributed by atoms with Crippen LogP contribution < -0.4 is 58.5 Å². The largest absolute Gasteiger partial charge is 0.481 e. The maximum absolute atomic E-state index is 14.9. The minimum Gasteiger partial charge on any atom is -0.481 e. The summed E-state index contributed by atoms with van der Waals surface area (Å²) in [5.74, 6) is -18.9. The first-order valence-electron chi connectivity index (χ1n) is 32.2. The van der Waals surface area contributed by atoms with E-state index in [-0.39, 0.29) is 51.6 Å². The van der Waals surface area contributed by atoms with Gasteiger partial charge in [-0.15, -0.1) is 0 Å². The van der Waals surface area contributed by atoms with Crippen molar-refractivity contribution >= 4 is 94.7 Å². The Balaban J connectivity index is 1.98. The number of carboxylic acids is 3. The molecule has 0 aromatic carbocycles. The summed E-state index contributed by atoms with van der Waals surface area (Å²) in [5.41, 5.74) is 0. The van der Waals surface area contributed by atoms with Gasteiger partial charge in [0.1, 0.15) is 54.4 Å². The molecule has 0 bridgehead atoms. The highest BCUT2D eigenvalue weighted by Crippen LogP contribution is 2.23. The van der Waals surface area contributed by atoms with Gasteiger partial charge < -0.3 is 88.7 Å². The Bertz CT molecular complexity index is 2640. The third kappa shape index (κ3) is 28.1. The molecule has 3 saturated heterocycles. The Hall–Kier alpha value is -8.52. The third-order valence-corrected chi connectivity index (χ3v) is 16.3. The first-order chi connectivity index (χ1) is 44.1. The Morgan fingerprint density at radius 2 is 0.989 bits per heavy atom. The van der Waals surface area contributed by atoms with E-state index in [4.69, 9.17) is 0 Å². The molecule has 33 nitrogen and oxygen atoms in total. The van der Waals surface area contributed by atoms with Crippen molar-refractivity contribution in [3.05, 3.63) is 0 Å². The topological polar surface area (TPSA) is 493 Å². The average molecular weight is 1320 g/mol. The number of carbonyl (C=O) groups is 16. The van der Waals surface area contributed by atoms with Crippen LogP contribution in [0, 0.1) is 5.92 Å². The maximum atomic E-state index is 14.9. The summed E-state index contributed by atoms with van der Waals surface area (Å²) >= 11 is 0. The molecule has 15 N–H and O–H groups in total. The van der Waals surface area contributed by atoms with E-state index in [0.29, 0.717) is 12.8 Å². The highest BCUT2D eigenvalue weighted by molar-refractivity contribution is 6.00. The van der Waals surface area contributed by atoms with Crippen LogP contribution in [-0.4, -0.2) is 225 Å². The Morgan fingerprint density at radius 1 is 0.516 bits per heavy atom. The van der Waals surface area contributed by atoms with Crippen molar-refractivity contribution in [2.75, 3.05) is 39.3 Å². The van der Waals surface area contributed by atoms with E-state index in [1.54, 1.807) is 13.8 Å². The Labute approximate surface area is 540 Å². The molecule has 3 aliphatic heterocycles. The highest BCUT2D eigenvalue weighted by Gasteiger charge is 2.43. The van der Waals surface area contributed by atoms with Crippen molar-refractivity contribution in [3.63, 3.8) is 0 Å². The fourth-order valence-corrected chi connectivity index (χ4v) is 10.8. The molecule has 0 aromatic rings. The quantitative estimate of drug-likeness (QED) is 0.0369. The standard InChI is InChI=1S/C60H97N13O20/c1-6-8-9-10-11-12-13-14-15-16-17-18-24-43(75)65-35(4)52(85)68-39(29-49(83)84)55(88)69-40-30-61-56(89)42-23-21-26-73(42)60(93)50(34(3)7-2)71-58(91)51(36(5)74)70-46(78)33-63-54(87)38(28-48(81)82)66-44(76)31-62-53(86)37(27-47(79)80)67-45(77)32-64-57(90)41-22-19-20-25-72(41)59(40)92/h34-42,50-51,74H,6-33H2,1-5H3,(H,61,89)(H,62,86)(H,63,87)(H,64,90)(H,65,75)(H,66,76)(H,67,77)(H,68,85)(H,69,88)(H,70,78)(H,71,91)(H,79,80)(H,81,82)(H,83,84)/t34-,35+,36-,37+,38+,39+,40+,41+,42+,50+,51+/m1/s1. The summed E-state index contributed by atoms with van der Waals surface area (Å²) in [6, 6.07) is -14.8. The van der Waals surface area contributed by atoms with Gasteiger partial charge in [0.05, 0.1) is 45.0 Å². The summed E-state index contributed by atoms with van der Waals surface area (Å²) in [6.07, 6.45) is 9.21. The van der Waals surface area contributed by atoms with E-state index in [1.807, 2.05) is 0 Å². The van der Waals surface area contributed by atoms with Crippen LogP contribution in [0.1, 0.15) is 176 Å². The van der Waals surface area contributed by atoms with Gasteiger partial charge in [0, 0.05) is 26.1 Å². The number of piperidine rings is 1. The number of fused-ring (bicyclic) bond motifs is 2. The van der Waals surface area contributed by atoms with Crippen LogP contribution in [0.4, 0.5) is 0 Å². The molecule has 0 radical (unpaired) electrons. The van der Waals surface area contributed by atoms with Crippen LogP contribution >= 0.6 is 0 Å². The predicted molar refractivity (Wildman–Crippen MR) is 329 cm³/mol. The molecular formula is C60H97N13O20. The molecular weight excluding hydrogens is 1220 g/mol. The lowest BCUT2D eigenvalue weighted by molar-refractivity contribution is -0.146. The number of aliphatic carboxylic acids is 3. The summed E-state index contributed by atoms with van der Waals surface area (Å²) < 4.78 is 0. The Morgan fingerprint density at radius 3 is 1.49 bits per heavy atom. The van der Waals surface area contributed by atoms with Gasteiger partial charge in [-0.05, 0) is 58.3 Å². The summed E-state index contributed by atoms with van der Waals surface area (Å²) in [4.78, 5) is 216. The zero-order chi connectivity index (χ0) is 69.3. The van der Waals surface area contributed by atoms with E-state index in [0.717, 1.165) is 48.8 Å². The molecule has 0 unspecified atom stereocenters. The van der Waals surface area contributed by atoms with Gasteiger partial charge in [-0.25, -0.2) is 0 Å². The number of unbranched alkanes of at least 4 members (excludes halogenated alkanes) is 11. The van der Waals surface area contributed by atoms with Crippen molar-refractivity contribution in [3.8, 4) is 0 Å². The zero-order valence-corrected chi connectivity index (χ0v) is 53.9. The van der Waals surface area contributed by atoms with E-state index in [2.05, 4.69) is 65.4 Å². The molecule has 0 aromatic heterocycles. The smallest absolute Gasteiger partial charge is 0.305 e. The average Bonchev–Trinajstić information content (AvgIpc) is 1.83. The number of aliphatic hydroxyl groups is 1. The molecule has 3 rings (SSSR count). The van der Waals surface area contributed by atoms with Crippen LogP contribution in [-0.2, 0) is 76.7 Å². The fraction of sp³-hybridized carbons (Fsp3) is 0.733.